The van der Waals surface area contributed by atoms with Gasteiger partial charge < -0.3 is 20.1 Å². The number of hydrogen-bond donors (Lipinski definition) is 2. The average molecular weight is 390 g/mol. The molecule has 0 spiro atoms. The fourth-order valence-corrected chi connectivity index (χ4v) is 2.74. The molecular weight excluding hydrogens is 368 g/mol. The molecule has 0 atom stereocenters. The number of benzene rings is 3. The molecule has 6 heteroatoms. The van der Waals surface area contributed by atoms with E-state index in [0.717, 1.165) is 5.56 Å². The van der Waals surface area contributed by atoms with Crippen molar-refractivity contribution in [2.75, 3.05) is 24.4 Å². The van der Waals surface area contributed by atoms with Crippen LogP contribution in [0.2, 0.25) is 0 Å². The molecule has 0 saturated heterocycles. The van der Waals surface area contributed by atoms with Crippen LogP contribution in [0.3, 0.4) is 0 Å². The summed E-state index contributed by atoms with van der Waals surface area (Å²) in [5, 5.41) is 5.59. The predicted octanol–water partition coefficient (Wildman–Crippen LogP) is 4.27. The van der Waals surface area contributed by atoms with Crippen LogP contribution in [0.4, 0.5) is 11.4 Å². The number of methoxy groups -OCH3 is 1. The van der Waals surface area contributed by atoms with E-state index in [4.69, 9.17) is 9.47 Å². The van der Waals surface area contributed by atoms with Crippen molar-refractivity contribution in [1.82, 2.24) is 0 Å². The van der Waals surface area contributed by atoms with Gasteiger partial charge in [-0.2, -0.15) is 0 Å². The van der Waals surface area contributed by atoms with Gasteiger partial charge >= 0.3 is 0 Å². The van der Waals surface area contributed by atoms with Crippen molar-refractivity contribution in [3.05, 3.63) is 83.9 Å². The molecule has 0 heterocycles. The summed E-state index contributed by atoms with van der Waals surface area (Å²) in [4.78, 5) is 24.6. The summed E-state index contributed by atoms with van der Waals surface area (Å²) >= 11 is 0. The number of rotatable bonds is 7. The Morgan fingerprint density at radius 3 is 2.24 bits per heavy atom. The molecule has 0 aliphatic carbocycles. The van der Waals surface area contributed by atoms with E-state index in [1.165, 1.54) is 0 Å². The third-order valence-electron chi connectivity index (χ3n) is 4.11. The third kappa shape index (κ3) is 5.59. The second-order valence-electron chi connectivity index (χ2n) is 6.39. The first-order valence-electron chi connectivity index (χ1n) is 9.09. The number of aryl methyl sites for hydroxylation is 1. The lowest BCUT2D eigenvalue weighted by Gasteiger charge is -2.11. The minimum atomic E-state index is -0.321. The van der Waals surface area contributed by atoms with Gasteiger partial charge in [0.1, 0.15) is 0 Å². The number of ether oxygens (including phenoxy) is 2. The van der Waals surface area contributed by atoms with Gasteiger partial charge in [-0.25, -0.2) is 0 Å². The van der Waals surface area contributed by atoms with Gasteiger partial charge in [0.25, 0.3) is 11.8 Å². The van der Waals surface area contributed by atoms with Crippen molar-refractivity contribution in [3.63, 3.8) is 0 Å². The summed E-state index contributed by atoms with van der Waals surface area (Å²) in [6.45, 7) is 1.76. The fraction of sp³-hybridized carbons (Fsp3) is 0.130. The first-order chi connectivity index (χ1) is 14.0. The van der Waals surface area contributed by atoms with Crippen LogP contribution in [0.5, 0.6) is 11.5 Å². The molecule has 3 aromatic rings. The number of carbonyl (C=O) groups excluding carboxylic acids is 2. The van der Waals surface area contributed by atoms with Gasteiger partial charge in [0.05, 0.1) is 7.11 Å². The van der Waals surface area contributed by atoms with Crippen LogP contribution in [-0.2, 0) is 4.79 Å². The monoisotopic (exact) mass is 390 g/mol. The van der Waals surface area contributed by atoms with Crippen LogP contribution in [0.15, 0.2) is 72.8 Å². The molecule has 6 nitrogen and oxygen atoms in total. The Morgan fingerprint density at radius 1 is 0.828 bits per heavy atom. The summed E-state index contributed by atoms with van der Waals surface area (Å²) in [7, 11) is 1.54. The molecule has 0 unspecified atom stereocenters. The maximum Gasteiger partial charge on any atom is 0.262 e. The van der Waals surface area contributed by atoms with E-state index < -0.39 is 0 Å². The average Bonchev–Trinajstić information content (AvgIpc) is 2.72. The van der Waals surface area contributed by atoms with Crippen molar-refractivity contribution in [2.45, 2.75) is 6.92 Å². The normalized spacial score (nSPS) is 10.1. The van der Waals surface area contributed by atoms with Crippen molar-refractivity contribution >= 4 is 23.2 Å². The van der Waals surface area contributed by atoms with E-state index in [2.05, 4.69) is 10.6 Å². The molecule has 2 amide bonds. The Bertz CT molecular complexity index is 1020. The van der Waals surface area contributed by atoms with Crippen molar-refractivity contribution < 1.29 is 19.1 Å². The zero-order chi connectivity index (χ0) is 20.6. The second kappa shape index (κ2) is 9.41. The summed E-state index contributed by atoms with van der Waals surface area (Å²) in [6.07, 6.45) is 0. The Labute approximate surface area is 169 Å². The molecule has 148 valence electrons. The van der Waals surface area contributed by atoms with E-state index in [0.29, 0.717) is 28.4 Å². The van der Waals surface area contributed by atoms with E-state index in [-0.39, 0.29) is 18.4 Å². The van der Waals surface area contributed by atoms with Gasteiger partial charge in [-0.05, 0) is 49.4 Å². The number of anilines is 2. The summed E-state index contributed by atoms with van der Waals surface area (Å²) in [5.41, 5.74) is 2.72. The van der Waals surface area contributed by atoms with E-state index in [9.17, 15) is 9.59 Å². The first-order valence-corrected chi connectivity index (χ1v) is 9.09. The summed E-state index contributed by atoms with van der Waals surface area (Å²) in [5.74, 6) is 0.514. The van der Waals surface area contributed by atoms with Crippen molar-refractivity contribution in [2.24, 2.45) is 0 Å². The highest BCUT2D eigenvalue weighted by Gasteiger charge is 2.09. The molecule has 29 heavy (non-hydrogen) atoms. The van der Waals surface area contributed by atoms with Gasteiger partial charge in [-0.15, -0.1) is 0 Å². The smallest absolute Gasteiger partial charge is 0.262 e. The Balaban J connectivity index is 1.59. The quantitative estimate of drug-likeness (QED) is 0.632. The standard InChI is InChI=1S/C23H22N2O4/c1-16-7-5-8-17(13-16)23(27)25-19-10-6-9-18(14-19)24-22(26)15-29-21-12-4-3-11-20(21)28-2/h3-14H,15H2,1-2H3,(H,24,26)(H,25,27). The highest BCUT2D eigenvalue weighted by Crippen LogP contribution is 2.25. The maximum absolute atomic E-state index is 12.4. The zero-order valence-electron chi connectivity index (χ0n) is 16.3. The lowest BCUT2D eigenvalue weighted by molar-refractivity contribution is -0.118. The summed E-state index contributed by atoms with van der Waals surface area (Å²) < 4.78 is 10.7. The van der Waals surface area contributed by atoms with Crippen LogP contribution in [0.1, 0.15) is 15.9 Å². The molecule has 3 rings (SSSR count). The van der Waals surface area contributed by atoms with Crippen LogP contribution < -0.4 is 20.1 Å². The SMILES string of the molecule is COc1ccccc1OCC(=O)Nc1cccc(NC(=O)c2cccc(C)c2)c1. The number of para-hydroxylation sites is 2. The minimum Gasteiger partial charge on any atom is -0.493 e. The largest absolute Gasteiger partial charge is 0.493 e. The molecule has 2 N–H and O–H groups in total. The topological polar surface area (TPSA) is 76.7 Å². The van der Waals surface area contributed by atoms with Gasteiger partial charge in [-0.3, -0.25) is 9.59 Å². The van der Waals surface area contributed by atoms with Crippen LogP contribution in [-0.4, -0.2) is 25.5 Å². The molecule has 0 bridgehead atoms. The molecule has 0 radical (unpaired) electrons. The Kier molecular flexibility index (Phi) is 6.47. The van der Waals surface area contributed by atoms with Crippen molar-refractivity contribution in [3.8, 4) is 11.5 Å². The van der Waals surface area contributed by atoms with Crippen LogP contribution in [0, 0.1) is 6.92 Å². The molecule has 0 fully saturated rings. The van der Waals surface area contributed by atoms with Crippen LogP contribution >= 0.6 is 0 Å². The number of carbonyl (C=O) groups is 2. The number of nitrogens with one attached hydrogen (secondary N) is 2. The van der Waals surface area contributed by atoms with Gasteiger partial charge in [0.2, 0.25) is 0 Å². The second-order valence-corrected chi connectivity index (χ2v) is 6.39. The van der Waals surface area contributed by atoms with Crippen LogP contribution in [0.25, 0.3) is 0 Å². The van der Waals surface area contributed by atoms with E-state index in [1.807, 2.05) is 31.2 Å². The lowest BCUT2D eigenvalue weighted by Crippen LogP contribution is -2.20. The molecule has 0 aromatic heterocycles. The van der Waals surface area contributed by atoms with Crippen molar-refractivity contribution in [1.29, 1.82) is 0 Å². The zero-order valence-corrected chi connectivity index (χ0v) is 16.3. The molecule has 3 aromatic carbocycles. The minimum absolute atomic E-state index is 0.166. The Morgan fingerprint density at radius 2 is 1.52 bits per heavy atom. The predicted molar refractivity (Wildman–Crippen MR) is 113 cm³/mol. The fourth-order valence-electron chi connectivity index (χ4n) is 2.74. The molecule has 0 aliphatic rings. The van der Waals surface area contributed by atoms with Gasteiger partial charge in [0, 0.05) is 16.9 Å². The van der Waals surface area contributed by atoms with E-state index >= 15 is 0 Å². The lowest BCUT2D eigenvalue weighted by atomic mass is 10.1. The van der Waals surface area contributed by atoms with E-state index in [1.54, 1.807) is 55.6 Å². The highest BCUT2D eigenvalue weighted by molar-refractivity contribution is 6.04. The first kappa shape index (κ1) is 19.9. The third-order valence-corrected chi connectivity index (χ3v) is 4.11. The highest BCUT2D eigenvalue weighted by atomic mass is 16.5. The number of amides is 2. The number of hydrogen-bond acceptors (Lipinski definition) is 4. The Hall–Kier alpha value is -3.80. The molecular formula is C23H22N2O4. The molecule has 0 aliphatic heterocycles. The van der Waals surface area contributed by atoms with Gasteiger partial charge in [-0.1, -0.05) is 35.9 Å². The van der Waals surface area contributed by atoms with Gasteiger partial charge in [0.15, 0.2) is 18.1 Å². The maximum atomic E-state index is 12.4. The summed E-state index contributed by atoms with van der Waals surface area (Å²) in [6, 6.07) is 21.4. The molecule has 0 saturated carbocycles.